The van der Waals surface area contributed by atoms with Crippen LogP contribution in [-0.4, -0.2) is 65.8 Å². The first-order valence-electron chi connectivity index (χ1n) is 15.6. The minimum atomic E-state index is -1.22. The number of amidine groups is 1. The maximum atomic E-state index is 13.3. The Morgan fingerprint density at radius 3 is 2.61 bits per heavy atom. The zero-order valence-corrected chi connectivity index (χ0v) is 26.1. The molecular weight excluding hydrogens is 585 g/mol. The standard InChI is InChI=1S/C34H40BN5O6/c1-3-14-40(15-4-2)33(42)25-16-23-10-11-24(17-29(23)39-31(36)18-25)32(41)38-26-12-13-27-28(19-26)35(44)46-30(27)20-37-34(43)45-21-22-8-6-5-7-9-22/h5-13,16-17,19,30,33,42,44H,3-4,14-15,18,20-21H2,1-2H3,(H2,36,39)(H,37,43)(H,38,41). The molecule has 2 aliphatic heterocycles. The maximum Gasteiger partial charge on any atom is 0.492 e. The highest BCUT2D eigenvalue weighted by molar-refractivity contribution is 6.62. The van der Waals surface area contributed by atoms with E-state index < -0.39 is 25.5 Å². The van der Waals surface area contributed by atoms with Crippen molar-refractivity contribution in [3.63, 3.8) is 0 Å². The molecule has 0 radical (unpaired) electrons. The first kappa shape index (κ1) is 32.9. The number of alkyl carbamates (subject to hydrolysis) is 1. The second-order valence-corrected chi connectivity index (χ2v) is 11.4. The fourth-order valence-corrected chi connectivity index (χ4v) is 5.66. The predicted molar refractivity (Wildman–Crippen MR) is 179 cm³/mol. The van der Waals surface area contributed by atoms with Crippen molar-refractivity contribution in [2.75, 3.05) is 25.0 Å². The van der Waals surface area contributed by atoms with Crippen LogP contribution in [-0.2, 0) is 16.0 Å². The van der Waals surface area contributed by atoms with Crippen molar-refractivity contribution in [2.24, 2.45) is 10.7 Å². The lowest BCUT2D eigenvalue weighted by molar-refractivity contribution is 0.0323. The van der Waals surface area contributed by atoms with E-state index in [0.717, 1.165) is 42.6 Å². The number of hydrogen-bond donors (Lipinski definition) is 5. The van der Waals surface area contributed by atoms with E-state index in [1.807, 2.05) is 41.3 Å². The third kappa shape index (κ3) is 8.02. The van der Waals surface area contributed by atoms with E-state index in [-0.39, 0.29) is 19.1 Å². The number of nitrogens with zero attached hydrogens (tertiary/aromatic N) is 2. The van der Waals surface area contributed by atoms with Gasteiger partial charge in [0, 0.05) is 42.9 Å². The molecule has 11 nitrogen and oxygen atoms in total. The molecule has 6 N–H and O–H groups in total. The van der Waals surface area contributed by atoms with E-state index in [2.05, 4.69) is 29.5 Å². The summed E-state index contributed by atoms with van der Waals surface area (Å²) in [6.07, 6.45) is 2.12. The lowest BCUT2D eigenvalue weighted by atomic mass is 9.79. The number of aliphatic hydroxyl groups is 1. The molecule has 12 heteroatoms. The summed E-state index contributed by atoms with van der Waals surface area (Å²) >= 11 is 0. The Hall–Kier alpha value is -4.49. The molecule has 0 saturated heterocycles. The fraction of sp³-hybridized carbons (Fsp3) is 0.324. The number of aliphatic hydroxyl groups excluding tert-OH is 1. The number of rotatable bonds is 12. The van der Waals surface area contributed by atoms with Gasteiger partial charge in [-0.1, -0.05) is 56.3 Å². The first-order valence-corrected chi connectivity index (χ1v) is 15.6. The number of carbonyl (C=O) groups excluding carboxylic acids is 2. The van der Waals surface area contributed by atoms with Gasteiger partial charge in [0.05, 0.1) is 11.8 Å². The van der Waals surface area contributed by atoms with Gasteiger partial charge in [-0.3, -0.25) is 9.69 Å². The number of benzene rings is 3. The van der Waals surface area contributed by atoms with Crippen molar-refractivity contribution in [1.82, 2.24) is 10.2 Å². The average Bonchev–Trinajstić information content (AvgIpc) is 3.26. The summed E-state index contributed by atoms with van der Waals surface area (Å²) in [5.74, 6) is -0.00878. The minimum absolute atomic E-state index is 0.102. The molecule has 0 aromatic heterocycles. The zero-order valence-electron chi connectivity index (χ0n) is 26.1. The van der Waals surface area contributed by atoms with Gasteiger partial charge in [0.15, 0.2) is 0 Å². The fourth-order valence-electron chi connectivity index (χ4n) is 5.66. The highest BCUT2D eigenvalue weighted by Crippen LogP contribution is 2.30. The Morgan fingerprint density at radius 2 is 1.87 bits per heavy atom. The molecule has 46 heavy (non-hydrogen) atoms. The van der Waals surface area contributed by atoms with E-state index >= 15 is 0 Å². The van der Waals surface area contributed by atoms with Gasteiger partial charge < -0.3 is 35.9 Å². The second-order valence-electron chi connectivity index (χ2n) is 11.4. The first-order chi connectivity index (χ1) is 22.2. The Kier molecular flexibility index (Phi) is 10.9. The van der Waals surface area contributed by atoms with Gasteiger partial charge in [-0.05, 0) is 65.3 Å². The maximum absolute atomic E-state index is 13.3. The second kappa shape index (κ2) is 15.2. The normalized spacial score (nSPS) is 16.1. The Morgan fingerprint density at radius 1 is 1.11 bits per heavy atom. The molecule has 0 spiro atoms. The molecule has 0 saturated carbocycles. The summed E-state index contributed by atoms with van der Waals surface area (Å²) < 4.78 is 10.9. The lowest BCUT2D eigenvalue weighted by Crippen LogP contribution is -2.38. The molecule has 2 heterocycles. The molecule has 3 aromatic carbocycles. The number of aliphatic imine (C=N–C) groups is 1. The Balaban J connectivity index is 1.23. The molecule has 2 unspecified atom stereocenters. The molecule has 3 aromatic rings. The summed E-state index contributed by atoms with van der Waals surface area (Å²) in [5.41, 5.74) is 11.2. The third-order valence-corrected chi connectivity index (χ3v) is 7.88. The number of carbonyl (C=O) groups is 2. The minimum Gasteiger partial charge on any atom is -0.445 e. The van der Waals surface area contributed by atoms with E-state index in [1.54, 1.807) is 36.4 Å². The van der Waals surface area contributed by atoms with Crippen molar-refractivity contribution in [2.45, 2.75) is 52.0 Å². The van der Waals surface area contributed by atoms with Crippen LogP contribution in [0.4, 0.5) is 16.2 Å². The van der Waals surface area contributed by atoms with Gasteiger partial charge in [0.25, 0.3) is 5.91 Å². The van der Waals surface area contributed by atoms with Crippen LogP contribution in [0.3, 0.4) is 0 Å². The molecule has 5 rings (SSSR count). The number of anilines is 1. The van der Waals surface area contributed by atoms with Crippen LogP contribution in [0.5, 0.6) is 0 Å². The van der Waals surface area contributed by atoms with Crippen LogP contribution >= 0.6 is 0 Å². The molecule has 0 fully saturated rings. The topological polar surface area (TPSA) is 159 Å². The molecular formula is C34H40BN5O6. The largest absolute Gasteiger partial charge is 0.492 e. The highest BCUT2D eigenvalue weighted by Gasteiger charge is 2.35. The van der Waals surface area contributed by atoms with Crippen molar-refractivity contribution in [3.8, 4) is 0 Å². The molecule has 2 aliphatic rings. The van der Waals surface area contributed by atoms with Crippen LogP contribution in [0.2, 0.25) is 0 Å². The van der Waals surface area contributed by atoms with Gasteiger partial charge >= 0.3 is 13.2 Å². The smallest absolute Gasteiger partial charge is 0.445 e. The number of hydrogen-bond acceptors (Lipinski definition) is 9. The summed E-state index contributed by atoms with van der Waals surface area (Å²) in [7, 11) is -1.22. The summed E-state index contributed by atoms with van der Waals surface area (Å²) in [6, 6.07) is 19.6. The summed E-state index contributed by atoms with van der Waals surface area (Å²) in [4.78, 5) is 32.0. The Labute approximate surface area is 269 Å². The van der Waals surface area contributed by atoms with Crippen molar-refractivity contribution in [3.05, 3.63) is 94.6 Å². The summed E-state index contributed by atoms with van der Waals surface area (Å²) in [5, 5.41) is 27.2. The van der Waals surface area contributed by atoms with Gasteiger partial charge in [0.2, 0.25) is 0 Å². The van der Waals surface area contributed by atoms with E-state index in [9.17, 15) is 19.7 Å². The van der Waals surface area contributed by atoms with Crippen LogP contribution in [0.25, 0.3) is 6.08 Å². The van der Waals surface area contributed by atoms with Crippen molar-refractivity contribution < 1.29 is 29.1 Å². The van der Waals surface area contributed by atoms with Crippen molar-refractivity contribution >= 4 is 47.9 Å². The van der Waals surface area contributed by atoms with Crippen molar-refractivity contribution in [1.29, 1.82) is 0 Å². The van der Waals surface area contributed by atoms with Gasteiger partial charge in [-0.2, -0.15) is 0 Å². The van der Waals surface area contributed by atoms with Crippen LogP contribution in [0.1, 0.15) is 66.3 Å². The Bertz CT molecular complexity index is 1610. The lowest BCUT2D eigenvalue weighted by Gasteiger charge is -2.28. The molecule has 0 aliphatic carbocycles. The van der Waals surface area contributed by atoms with Crippen LogP contribution in [0.15, 0.2) is 77.3 Å². The van der Waals surface area contributed by atoms with Crippen LogP contribution < -0.4 is 21.8 Å². The zero-order chi connectivity index (χ0) is 32.6. The van der Waals surface area contributed by atoms with E-state index in [4.69, 9.17) is 15.1 Å². The SMILES string of the molecule is CCCN(CCC)C(O)C1=Cc2ccc(C(=O)Nc3ccc4c(c3)B(O)OC4CNC(=O)OCc3ccccc3)cc2N=C(N)C1. The van der Waals surface area contributed by atoms with E-state index in [0.29, 0.717) is 40.2 Å². The van der Waals surface area contributed by atoms with E-state index in [1.165, 1.54) is 0 Å². The number of amides is 2. The highest BCUT2D eigenvalue weighted by atomic mass is 16.6. The van der Waals surface area contributed by atoms with Crippen LogP contribution in [0, 0.1) is 0 Å². The predicted octanol–water partition coefficient (Wildman–Crippen LogP) is 3.84. The van der Waals surface area contributed by atoms with Gasteiger partial charge in [-0.15, -0.1) is 0 Å². The number of ether oxygens (including phenoxy) is 1. The third-order valence-electron chi connectivity index (χ3n) is 7.88. The summed E-state index contributed by atoms with van der Waals surface area (Å²) in [6.45, 7) is 5.94. The van der Waals surface area contributed by atoms with Gasteiger partial charge in [-0.25, -0.2) is 9.79 Å². The monoisotopic (exact) mass is 625 g/mol. The molecule has 2 atom stereocenters. The molecule has 2 amide bonds. The number of nitrogens with one attached hydrogen (secondary N) is 2. The number of nitrogens with two attached hydrogens (primary N) is 1. The number of fused-ring (bicyclic) bond motifs is 2. The average molecular weight is 626 g/mol. The van der Waals surface area contributed by atoms with Gasteiger partial charge in [0.1, 0.15) is 18.7 Å². The molecule has 0 bridgehead atoms. The quantitative estimate of drug-likeness (QED) is 0.150. The molecule has 240 valence electrons.